The monoisotopic (exact) mass is 173 g/mol. The molecule has 2 atom stereocenters. The summed E-state index contributed by atoms with van der Waals surface area (Å²) >= 11 is 0. The normalized spacial score (nSPS) is 35.8. The molecular weight excluding hydrogens is 154 g/mol. The van der Waals surface area contributed by atoms with Crippen molar-refractivity contribution in [3.63, 3.8) is 0 Å². The second-order valence-corrected chi connectivity index (χ2v) is 3.54. The van der Waals surface area contributed by atoms with Crippen molar-refractivity contribution in [2.45, 2.75) is 38.4 Å². The first-order chi connectivity index (χ1) is 5.69. The standard InChI is InChI=1S/C9H19NO2/c1-3-5-10-7-9(11)4-6-12-8(9)2/h8,10-11H,3-7H2,1-2H3. The van der Waals surface area contributed by atoms with Gasteiger partial charge < -0.3 is 15.2 Å². The average Bonchev–Trinajstić information content (AvgIpc) is 2.34. The zero-order chi connectivity index (χ0) is 9.03. The third-order valence-corrected chi connectivity index (χ3v) is 2.52. The molecule has 0 saturated carbocycles. The third kappa shape index (κ3) is 2.19. The van der Waals surface area contributed by atoms with E-state index in [0.29, 0.717) is 13.2 Å². The lowest BCUT2D eigenvalue weighted by molar-refractivity contribution is -0.0259. The molecule has 1 fully saturated rings. The smallest absolute Gasteiger partial charge is 0.105 e. The SMILES string of the molecule is CCCNCC1(O)CCOC1C. The summed E-state index contributed by atoms with van der Waals surface area (Å²) in [6.07, 6.45) is 1.83. The van der Waals surface area contributed by atoms with E-state index in [1.165, 1.54) is 0 Å². The van der Waals surface area contributed by atoms with Crippen LogP contribution in [-0.2, 0) is 4.74 Å². The van der Waals surface area contributed by atoms with Gasteiger partial charge in [0.2, 0.25) is 0 Å². The van der Waals surface area contributed by atoms with Gasteiger partial charge in [-0.3, -0.25) is 0 Å². The molecule has 1 rings (SSSR count). The molecular formula is C9H19NO2. The van der Waals surface area contributed by atoms with E-state index in [1.807, 2.05) is 6.92 Å². The molecule has 0 aromatic carbocycles. The van der Waals surface area contributed by atoms with Gasteiger partial charge in [-0.15, -0.1) is 0 Å². The van der Waals surface area contributed by atoms with Gasteiger partial charge in [0.25, 0.3) is 0 Å². The van der Waals surface area contributed by atoms with Crippen LogP contribution in [0.25, 0.3) is 0 Å². The molecule has 1 aliphatic rings. The predicted octanol–water partition coefficient (Wildman–Crippen LogP) is 0.526. The second kappa shape index (κ2) is 4.21. The van der Waals surface area contributed by atoms with Crippen LogP contribution in [0.1, 0.15) is 26.7 Å². The van der Waals surface area contributed by atoms with Crippen molar-refractivity contribution in [3.8, 4) is 0 Å². The molecule has 0 aliphatic carbocycles. The Hall–Kier alpha value is -0.120. The largest absolute Gasteiger partial charge is 0.386 e. The molecule has 0 bridgehead atoms. The summed E-state index contributed by atoms with van der Waals surface area (Å²) in [5.74, 6) is 0. The number of nitrogens with one attached hydrogen (secondary N) is 1. The van der Waals surface area contributed by atoms with Gasteiger partial charge in [0.05, 0.1) is 6.10 Å². The van der Waals surface area contributed by atoms with Crippen molar-refractivity contribution in [2.24, 2.45) is 0 Å². The lowest BCUT2D eigenvalue weighted by Gasteiger charge is -2.26. The van der Waals surface area contributed by atoms with Gasteiger partial charge >= 0.3 is 0 Å². The van der Waals surface area contributed by atoms with Crippen LogP contribution in [-0.4, -0.2) is 36.5 Å². The van der Waals surface area contributed by atoms with Crippen molar-refractivity contribution in [3.05, 3.63) is 0 Å². The van der Waals surface area contributed by atoms with E-state index >= 15 is 0 Å². The van der Waals surface area contributed by atoms with Crippen LogP contribution in [0, 0.1) is 0 Å². The maximum atomic E-state index is 10.00. The topological polar surface area (TPSA) is 41.5 Å². The van der Waals surface area contributed by atoms with Gasteiger partial charge in [0, 0.05) is 19.6 Å². The summed E-state index contributed by atoms with van der Waals surface area (Å²) in [4.78, 5) is 0. The molecule has 0 amide bonds. The Labute approximate surface area is 74.1 Å². The maximum Gasteiger partial charge on any atom is 0.105 e. The molecule has 0 spiro atoms. The van der Waals surface area contributed by atoms with E-state index in [4.69, 9.17) is 4.74 Å². The zero-order valence-corrected chi connectivity index (χ0v) is 7.97. The number of aliphatic hydroxyl groups is 1. The van der Waals surface area contributed by atoms with Gasteiger partial charge in [0.1, 0.15) is 5.60 Å². The first-order valence-electron chi connectivity index (χ1n) is 4.74. The average molecular weight is 173 g/mol. The molecule has 1 aliphatic heterocycles. The Morgan fingerprint density at radius 1 is 1.67 bits per heavy atom. The van der Waals surface area contributed by atoms with Crippen molar-refractivity contribution < 1.29 is 9.84 Å². The Balaban J connectivity index is 2.27. The number of hydrogen-bond acceptors (Lipinski definition) is 3. The van der Waals surface area contributed by atoms with Crippen molar-refractivity contribution in [1.82, 2.24) is 5.32 Å². The van der Waals surface area contributed by atoms with Gasteiger partial charge in [0.15, 0.2) is 0 Å². The van der Waals surface area contributed by atoms with E-state index in [0.717, 1.165) is 19.4 Å². The number of rotatable bonds is 4. The van der Waals surface area contributed by atoms with Gasteiger partial charge in [-0.25, -0.2) is 0 Å². The fourth-order valence-electron chi connectivity index (χ4n) is 1.48. The van der Waals surface area contributed by atoms with Crippen LogP contribution in [0.2, 0.25) is 0 Å². The molecule has 0 aromatic heterocycles. The molecule has 0 radical (unpaired) electrons. The predicted molar refractivity (Wildman–Crippen MR) is 48.1 cm³/mol. The lowest BCUT2D eigenvalue weighted by Crippen LogP contribution is -2.45. The number of ether oxygens (including phenoxy) is 1. The van der Waals surface area contributed by atoms with Gasteiger partial charge in [-0.2, -0.15) is 0 Å². The van der Waals surface area contributed by atoms with Crippen molar-refractivity contribution >= 4 is 0 Å². The van der Waals surface area contributed by atoms with Gasteiger partial charge in [-0.05, 0) is 19.9 Å². The summed E-state index contributed by atoms with van der Waals surface area (Å²) in [7, 11) is 0. The Morgan fingerprint density at radius 2 is 2.42 bits per heavy atom. The van der Waals surface area contributed by atoms with E-state index in [1.54, 1.807) is 0 Å². The molecule has 2 N–H and O–H groups in total. The molecule has 72 valence electrons. The first-order valence-corrected chi connectivity index (χ1v) is 4.74. The molecule has 3 heteroatoms. The highest BCUT2D eigenvalue weighted by atomic mass is 16.5. The highest BCUT2D eigenvalue weighted by Crippen LogP contribution is 2.24. The minimum atomic E-state index is -0.630. The summed E-state index contributed by atoms with van der Waals surface area (Å²) in [6.45, 7) is 6.36. The molecule has 12 heavy (non-hydrogen) atoms. The fourth-order valence-corrected chi connectivity index (χ4v) is 1.48. The van der Waals surface area contributed by atoms with E-state index in [9.17, 15) is 5.11 Å². The van der Waals surface area contributed by atoms with Crippen molar-refractivity contribution in [1.29, 1.82) is 0 Å². The minimum absolute atomic E-state index is 0.0261. The van der Waals surface area contributed by atoms with E-state index in [2.05, 4.69) is 12.2 Å². The highest BCUT2D eigenvalue weighted by Gasteiger charge is 2.38. The van der Waals surface area contributed by atoms with Crippen LogP contribution in [0.4, 0.5) is 0 Å². The highest BCUT2D eigenvalue weighted by molar-refractivity contribution is 4.91. The number of hydrogen-bond donors (Lipinski definition) is 2. The maximum absolute atomic E-state index is 10.00. The summed E-state index contributed by atoms with van der Waals surface area (Å²) < 4.78 is 5.31. The van der Waals surface area contributed by atoms with Crippen molar-refractivity contribution in [2.75, 3.05) is 19.7 Å². The quantitative estimate of drug-likeness (QED) is 0.609. The van der Waals surface area contributed by atoms with Crippen LogP contribution >= 0.6 is 0 Å². The Morgan fingerprint density at radius 3 is 2.92 bits per heavy atom. The summed E-state index contributed by atoms with van der Waals surface area (Å²) in [6, 6.07) is 0. The minimum Gasteiger partial charge on any atom is -0.386 e. The molecule has 2 unspecified atom stereocenters. The van der Waals surface area contributed by atoms with Gasteiger partial charge in [-0.1, -0.05) is 6.92 Å². The van der Waals surface area contributed by atoms with Crippen LogP contribution < -0.4 is 5.32 Å². The third-order valence-electron chi connectivity index (χ3n) is 2.52. The molecule has 1 saturated heterocycles. The molecule has 1 heterocycles. The Kier molecular flexibility index (Phi) is 3.50. The lowest BCUT2D eigenvalue weighted by atomic mass is 9.97. The summed E-state index contributed by atoms with van der Waals surface area (Å²) in [5, 5.41) is 13.2. The fraction of sp³-hybridized carbons (Fsp3) is 1.00. The van der Waals surface area contributed by atoms with Crippen LogP contribution in [0.15, 0.2) is 0 Å². The first kappa shape index (κ1) is 9.96. The zero-order valence-electron chi connectivity index (χ0n) is 7.97. The molecule has 0 aromatic rings. The second-order valence-electron chi connectivity index (χ2n) is 3.54. The molecule has 3 nitrogen and oxygen atoms in total. The summed E-state index contributed by atoms with van der Waals surface area (Å²) in [5.41, 5.74) is -0.630. The Bertz CT molecular complexity index is 140. The van der Waals surface area contributed by atoms with Crippen LogP contribution in [0.5, 0.6) is 0 Å². The van der Waals surface area contributed by atoms with Crippen LogP contribution in [0.3, 0.4) is 0 Å². The van der Waals surface area contributed by atoms with E-state index in [-0.39, 0.29) is 6.10 Å². The van der Waals surface area contributed by atoms with E-state index < -0.39 is 5.60 Å².